The Morgan fingerprint density at radius 2 is 1.79 bits per heavy atom. The fourth-order valence-electron chi connectivity index (χ4n) is 3.31. The van der Waals surface area contributed by atoms with E-state index < -0.39 is 10.0 Å². The van der Waals surface area contributed by atoms with Crippen molar-refractivity contribution in [2.75, 3.05) is 11.1 Å². The summed E-state index contributed by atoms with van der Waals surface area (Å²) in [7, 11) is -4.21. The number of hydrogen-bond donors (Lipinski definition) is 2. The van der Waals surface area contributed by atoms with E-state index in [1.54, 1.807) is 36.4 Å². The quantitative estimate of drug-likeness (QED) is 0.418. The van der Waals surface area contributed by atoms with E-state index in [4.69, 9.17) is 16.3 Å². The summed E-state index contributed by atoms with van der Waals surface area (Å²) in [5.74, 6) is -0.457. The molecule has 3 N–H and O–H groups in total. The molecule has 0 spiro atoms. The van der Waals surface area contributed by atoms with Crippen LogP contribution < -0.4 is 11.1 Å². The van der Waals surface area contributed by atoms with E-state index in [-0.39, 0.29) is 27.9 Å². The molecule has 4 rings (SSSR count). The Morgan fingerprint density at radius 1 is 1.00 bits per heavy atom. The predicted octanol–water partition coefficient (Wildman–Crippen LogP) is 3.27. The molecule has 164 valence electrons. The second-order valence-corrected chi connectivity index (χ2v) is 8.69. The van der Waals surface area contributed by atoms with Crippen molar-refractivity contribution >= 4 is 44.5 Å². The summed E-state index contributed by atoms with van der Waals surface area (Å²) in [6.07, 6.45) is 2.95. The Kier molecular flexibility index (Phi) is 5.67. The lowest BCUT2D eigenvalue weighted by Gasteiger charge is -2.09. The van der Waals surface area contributed by atoms with Crippen LogP contribution in [0, 0.1) is 34.0 Å². The number of rotatable bonds is 5. The molecule has 10 nitrogen and oxygen atoms in total. The molecule has 0 saturated carbocycles. The van der Waals surface area contributed by atoms with E-state index in [9.17, 15) is 13.7 Å². The normalized spacial score (nSPS) is 11.1. The lowest BCUT2D eigenvalue weighted by Crippen LogP contribution is -2.17. The van der Waals surface area contributed by atoms with Gasteiger partial charge in [-0.15, -0.1) is 9.19 Å². The highest BCUT2D eigenvalue weighted by Gasteiger charge is 2.25. The number of nitrogens with one attached hydrogen (secondary N) is 1. The monoisotopic (exact) mass is 466 g/mol. The largest absolute Gasteiger partial charge is 0.367 e. The van der Waals surface area contributed by atoms with Crippen LogP contribution >= 0.6 is 0 Å². The predicted molar refractivity (Wildman–Crippen MR) is 125 cm³/mol. The van der Waals surface area contributed by atoms with Crippen LogP contribution in [0.4, 0.5) is 17.6 Å². The molecular formula is C23H14N8O2S. The Labute approximate surface area is 194 Å². The van der Waals surface area contributed by atoms with Crippen LogP contribution in [0.15, 0.2) is 65.6 Å². The van der Waals surface area contributed by atoms with Crippen LogP contribution in [0.3, 0.4) is 0 Å². The summed E-state index contributed by atoms with van der Waals surface area (Å²) in [6.45, 7) is 0. The lowest BCUT2D eigenvalue weighted by molar-refractivity contribution is 0.582. The molecule has 34 heavy (non-hydrogen) atoms. The number of nitrogens with zero attached hydrogens (tertiary/aromatic N) is 6. The molecule has 11 heteroatoms. The molecule has 3 aromatic carbocycles. The van der Waals surface area contributed by atoms with Crippen molar-refractivity contribution in [2.24, 2.45) is 0 Å². The first-order chi connectivity index (χ1) is 16.4. The molecule has 0 atom stereocenters. The van der Waals surface area contributed by atoms with Crippen molar-refractivity contribution in [2.45, 2.75) is 4.90 Å². The van der Waals surface area contributed by atoms with Gasteiger partial charge in [0.05, 0.1) is 22.1 Å². The van der Waals surface area contributed by atoms with Gasteiger partial charge in [-0.05, 0) is 47.4 Å². The highest BCUT2D eigenvalue weighted by molar-refractivity contribution is 7.90. The minimum Gasteiger partial charge on any atom is -0.367 e. The van der Waals surface area contributed by atoms with E-state index in [0.29, 0.717) is 20.5 Å². The maximum Gasteiger partial charge on any atom is 0.286 e. The second kappa shape index (κ2) is 8.75. The molecule has 0 unspecified atom stereocenters. The molecule has 0 aliphatic rings. The van der Waals surface area contributed by atoms with Crippen LogP contribution in [-0.2, 0) is 10.0 Å². The van der Waals surface area contributed by atoms with E-state index in [1.807, 2.05) is 18.2 Å². The van der Waals surface area contributed by atoms with Gasteiger partial charge in [0.1, 0.15) is 12.1 Å². The van der Waals surface area contributed by atoms with Gasteiger partial charge < -0.3 is 11.1 Å². The summed E-state index contributed by atoms with van der Waals surface area (Å²) in [4.78, 5) is 3.96. The lowest BCUT2D eigenvalue weighted by atomic mass is 10.1. The first-order valence-electron chi connectivity index (χ1n) is 9.65. The van der Waals surface area contributed by atoms with Crippen molar-refractivity contribution < 1.29 is 8.42 Å². The maximum absolute atomic E-state index is 13.4. The van der Waals surface area contributed by atoms with Gasteiger partial charge in [-0.1, -0.05) is 24.3 Å². The number of nitriles is 3. The molecule has 1 aromatic heterocycles. The van der Waals surface area contributed by atoms with Crippen LogP contribution in [-0.4, -0.2) is 22.6 Å². The molecule has 0 aliphatic heterocycles. The number of anilines is 3. The average Bonchev–Trinajstić information content (AvgIpc) is 3.22. The highest BCUT2D eigenvalue weighted by Crippen LogP contribution is 2.28. The Hall–Kier alpha value is -5.18. The molecule has 0 amide bonds. The Balaban J connectivity index is 1.73. The topological polar surface area (TPSA) is 174 Å². The second-order valence-electron chi connectivity index (χ2n) is 6.95. The zero-order valence-electron chi connectivity index (χ0n) is 17.3. The van der Waals surface area contributed by atoms with Gasteiger partial charge in [0.25, 0.3) is 10.0 Å². The summed E-state index contributed by atoms with van der Waals surface area (Å²) in [5.41, 5.74) is 7.36. The Morgan fingerprint density at radius 3 is 2.53 bits per heavy atom. The van der Waals surface area contributed by atoms with Gasteiger partial charge in [0.15, 0.2) is 0 Å². The van der Waals surface area contributed by atoms with Gasteiger partial charge in [-0.25, -0.2) is 0 Å². The van der Waals surface area contributed by atoms with Crippen molar-refractivity contribution in [3.63, 3.8) is 0 Å². The number of fused-ring (bicyclic) bond motifs is 1. The SMILES string of the molecule is N#CC=Cc1ccc2c(S(=O)(=O)n3nc(Nc4ccc(C#N)c(C#N)c4)nc3N)cccc2c1. The van der Waals surface area contributed by atoms with Gasteiger partial charge in [-0.3, -0.25) is 0 Å². The van der Waals surface area contributed by atoms with E-state index in [0.717, 1.165) is 5.56 Å². The summed E-state index contributed by atoms with van der Waals surface area (Å²) < 4.78 is 27.4. The summed E-state index contributed by atoms with van der Waals surface area (Å²) in [5, 5.41) is 34.8. The molecule has 0 fully saturated rings. The molecule has 0 saturated heterocycles. The molecule has 1 heterocycles. The van der Waals surface area contributed by atoms with Gasteiger partial charge in [-0.2, -0.15) is 29.2 Å². The number of nitrogens with two attached hydrogens (primary N) is 1. The van der Waals surface area contributed by atoms with Crippen LogP contribution in [0.2, 0.25) is 0 Å². The third-order valence-corrected chi connectivity index (χ3v) is 6.47. The van der Waals surface area contributed by atoms with E-state index in [2.05, 4.69) is 15.4 Å². The summed E-state index contributed by atoms with van der Waals surface area (Å²) >= 11 is 0. The third-order valence-electron chi connectivity index (χ3n) is 4.84. The fourth-order valence-corrected chi connectivity index (χ4v) is 4.68. The highest BCUT2D eigenvalue weighted by atomic mass is 32.2. The van der Waals surface area contributed by atoms with Gasteiger partial charge >= 0.3 is 0 Å². The van der Waals surface area contributed by atoms with Crippen LogP contribution in [0.25, 0.3) is 16.8 Å². The van der Waals surface area contributed by atoms with E-state index >= 15 is 0 Å². The van der Waals surface area contributed by atoms with Crippen molar-refractivity contribution in [1.29, 1.82) is 15.8 Å². The third kappa shape index (κ3) is 4.00. The minimum absolute atomic E-state index is 0.0193. The van der Waals surface area contributed by atoms with E-state index in [1.165, 1.54) is 30.3 Å². The van der Waals surface area contributed by atoms with Crippen molar-refractivity contribution in [1.82, 2.24) is 14.2 Å². The average molecular weight is 466 g/mol. The molecular weight excluding hydrogens is 452 g/mol. The fraction of sp³-hybridized carbons (Fsp3) is 0. The smallest absolute Gasteiger partial charge is 0.286 e. The standard InChI is InChI=1S/C23H14N8O2S/c24-10-2-3-15-6-9-20-16(11-15)4-1-5-21(20)34(32,33)31-22(27)29-23(30-31)28-19-8-7-17(13-25)18(12-19)14-26/h1-9,11-12H,(H3,27,28,29,30). The number of nitrogen functional groups attached to an aromatic ring is 1. The zero-order valence-corrected chi connectivity index (χ0v) is 18.2. The van der Waals surface area contributed by atoms with Crippen LogP contribution in [0.1, 0.15) is 16.7 Å². The molecule has 0 radical (unpaired) electrons. The summed E-state index contributed by atoms with van der Waals surface area (Å²) in [6, 6.07) is 20.1. The molecule has 0 bridgehead atoms. The van der Waals surface area contributed by atoms with Gasteiger partial charge in [0, 0.05) is 17.1 Å². The molecule has 4 aromatic rings. The molecule has 0 aliphatic carbocycles. The number of allylic oxidation sites excluding steroid dienone is 1. The van der Waals surface area contributed by atoms with Crippen LogP contribution in [0.5, 0.6) is 0 Å². The van der Waals surface area contributed by atoms with Crippen molar-refractivity contribution in [3.05, 3.63) is 77.4 Å². The number of aromatic nitrogens is 3. The maximum atomic E-state index is 13.4. The zero-order chi connectivity index (χ0) is 24.3. The first kappa shape index (κ1) is 22.0. The van der Waals surface area contributed by atoms with Crippen molar-refractivity contribution in [3.8, 4) is 18.2 Å². The number of benzene rings is 3. The van der Waals surface area contributed by atoms with Gasteiger partial charge in [0.2, 0.25) is 11.9 Å². The minimum atomic E-state index is -4.21. The first-order valence-corrected chi connectivity index (χ1v) is 11.1. The Bertz CT molecular complexity index is 1700. The number of hydrogen-bond acceptors (Lipinski definition) is 9.